The first-order valence-corrected chi connectivity index (χ1v) is 6.72. The lowest BCUT2D eigenvalue weighted by molar-refractivity contribution is -0.137. The van der Waals surface area contributed by atoms with E-state index in [1.165, 1.54) is 16.7 Å². The average molecular weight is 292 g/mol. The summed E-state index contributed by atoms with van der Waals surface area (Å²) in [6.07, 6.45) is -0.107. The predicted octanol–water partition coefficient (Wildman–Crippen LogP) is 1.61. The maximum Gasteiger partial charge on any atom is 0.305 e. The van der Waals surface area contributed by atoms with Gasteiger partial charge in [0.1, 0.15) is 0 Å². The number of benzene rings is 1. The maximum absolute atomic E-state index is 12.5. The quantitative estimate of drug-likeness (QED) is 0.864. The Balaban J connectivity index is 3.05. The predicted molar refractivity (Wildman–Crippen MR) is 79.4 cm³/mol. The first-order valence-electron chi connectivity index (χ1n) is 6.72. The van der Waals surface area contributed by atoms with Crippen LogP contribution in [0.4, 0.5) is 5.69 Å². The number of carboxylic acid groups (broad SMARTS) is 1. The Hall–Kier alpha value is -2.37. The standard InChI is InChI=1S/C15H20N2O4/c1-4-17(10-9-14(19)20)15(21)12-7-5-6-8-13(12)16(3)11(2)18/h5-8H,4,9-10H2,1-3H3,(H,19,20). The van der Waals surface area contributed by atoms with Gasteiger partial charge in [-0.25, -0.2) is 0 Å². The SMILES string of the molecule is CCN(CCC(=O)O)C(=O)c1ccccc1N(C)C(C)=O. The second-order valence-corrected chi connectivity index (χ2v) is 4.62. The number of hydrogen-bond donors (Lipinski definition) is 1. The third-order valence-corrected chi connectivity index (χ3v) is 3.23. The van der Waals surface area contributed by atoms with Crippen molar-refractivity contribution in [1.82, 2.24) is 4.90 Å². The zero-order valence-electron chi connectivity index (χ0n) is 12.5. The molecule has 1 aromatic rings. The van der Waals surface area contributed by atoms with Crippen LogP contribution < -0.4 is 4.90 Å². The summed E-state index contributed by atoms with van der Waals surface area (Å²) in [7, 11) is 1.60. The normalized spacial score (nSPS) is 10.0. The van der Waals surface area contributed by atoms with E-state index in [1.807, 2.05) is 0 Å². The summed E-state index contributed by atoms with van der Waals surface area (Å²) in [5, 5.41) is 8.73. The number of nitrogens with zero attached hydrogens (tertiary/aromatic N) is 2. The van der Waals surface area contributed by atoms with Gasteiger partial charge in [0.2, 0.25) is 5.91 Å². The molecule has 0 radical (unpaired) electrons. The number of hydrogen-bond acceptors (Lipinski definition) is 3. The molecule has 0 aromatic heterocycles. The van der Waals surface area contributed by atoms with Crippen molar-refractivity contribution in [1.29, 1.82) is 0 Å². The largest absolute Gasteiger partial charge is 0.481 e. The second kappa shape index (κ2) is 7.42. The first kappa shape index (κ1) is 16.7. The highest BCUT2D eigenvalue weighted by Crippen LogP contribution is 2.21. The van der Waals surface area contributed by atoms with E-state index in [0.29, 0.717) is 17.8 Å². The monoisotopic (exact) mass is 292 g/mol. The van der Waals surface area contributed by atoms with Crippen LogP contribution in [0, 0.1) is 0 Å². The van der Waals surface area contributed by atoms with E-state index < -0.39 is 5.97 Å². The van der Waals surface area contributed by atoms with E-state index in [0.717, 1.165) is 0 Å². The van der Waals surface area contributed by atoms with Gasteiger partial charge in [-0.1, -0.05) is 12.1 Å². The van der Waals surface area contributed by atoms with Crippen LogP contribution in [0.1, 0.15) is 30.6 Å². The Labute approximate surface area is 124 Å². The Bertz CT molecular complexity index is 542. The molecule has 0 unspecified atom stereocenters. The van der Waals surface area contributed by atoms with Crippen molar-refractivity contribution in [3.8, 4) is 0 Å². The molecule has 0 spiro atoms. The van der Waals surface area contributed by atoms with Gasteiger partial charge in [-0.05, 0) is 19.1 Å². The van der Waals surface area contributed by atoms with Crippen molar-refractivity contribution in [2.75, 3.05) is 25.0 Å². The third-order valence-electron chi connectivity index (χ3n) is 3.23. The fourth-order valence-corrected chi connectivity index (χ4v) is 1.92. The molecule has 0 bridgehead atoms. The number of carbonyl (C=O) groups excluding carboxylic acids is 2. The molecule has 21 heavy (non-hydrogen) atoms. The summed E-state index contributed by atoms with van der Waals surface area (Å²) in [4.78, 5) is 37.5. The highest BCUT2D eigenvalue weighted by molar-refractivity contribution is 6.04. The summed E-state index contributed by atoms with van der Waals surface area (Å²) in [5.41, 5.74) is 0.909. The van der Waals surface area contributed by atoms with Crippen LogP contribution in [-0.4, -0.2) is 47.9 Å². The highest BCUT2D eigenvalue weighted by Gasteiger charge is 2.20. The average Bonchev–Trinajstić information content (AvgIpc) is 2.46. The van der Waals surface area contributed by atoms with Crippen molar-refractivity contribution in [3.63, 3.8) is 0 Å². The fourth-order valence-electron chi connectivity index (χ4n) is 1.92. The number of para-hydroxylation sites is 1. The van der Waals surface area contributed by atoms with Crippen LogP contribution in [0.25, 0.3) is 0 Å². The zero-order chi connectivity index (χ0) is 16.0. The minimum atomic E-state index is -0.949. The Morgan fingerprint density at radius 1 is 1.19 bits per heavy atom. The lowest BCUT2D eigenvalue weighted by Gasteiger charge is -2.24. The molecule has 6 nitrogen and oxygen atoms in total. The van der Waals surface area contributed by atoms with Crippen LogP contribution in [0.2, 0.25) is 0 Å². The van der Waals surface area contributed by atoms with Crippen molar-refractivity contribution < 1.29 is 19.5 Å². The summed E-state index contributed by atoms with van der Waals surface area (Å²) >= 11 is 0. The molecule has 1 aromatic carbocycles. The van der Waals surface area contributed by atoms with Crippen molar-refractivity contribution in [2.45, 2.75) is 20.3 Å². The molecule has 6 heteroatoms. The molecule has 0 heterocycles. The molecule has 0 fully saturated rings. The lowest BCUT2D eigenvalue weighted by Crippen LogP contribution is -2.34. The van der Waals surface area contributed by atoms with Gasteiger partial charge in [-0.2, -0.15) is 0 Å². The maximum atomic E-state index is 12.5. The lowest BCUT2D eigenvalue weighted by atomic mass is 10.1. The summed E-state index contributed by atoms with van der Waals surface area (Å²) in [6, 6.07) is 6.80. The topological polar surface area (TPSA) is 77.9 Å². The summed E-state index contributed by atoms with van der Waals surface area (Å²) < 4.78 is 0. The van der Waals surface area contributed by atoms with Crippen LogP contribution in [0.15, 0.2) is 24.3 Å². The van der Waals surface area contributed by atoms with Crippen molar-refractivity contribution in [2.24, 2.45) is 0 Å². The van der Waals surface area contributed by atoms with Gasteiger partial charge in [0.05, 0.1) is 17.7 Å². The number of amides is 2. The molecule has 1 N–H and O–H groups in total. The molecule has 0 saturated carbocycles. The highest BCUT2D eigenvalue weighted by atomic mass is 16.4. The second-order valence-electron chi connectivity index (χ2n) is 4.62. The van der Waals surface area contributed by atoms with Gasteiger partial charge in [0.15, 0.2) is 0 Å². The number of anilines is 1. The van der Waals surface area contributed by atoms with Gasteiger partial charge in [0.25, 0.3) is 5.91 Å². The van der Waals surface area contributed by atoms with E-state index in [9.17, 15) is 14.4 Å². The fraction of sp³-hybridized carbons (Fsp3) is 0.400. The molecular weight excluding hydrogens is 272 g/mol. The third kappa shape index (κ3) is 4.30. The smallest absolute Gasteiger partial charge is 0.305 e. The molecule has 0 aliphatic heterocycles. The van der Waals surface area contributed by atoms with Crippen LogP contribution >= 0.6 is 0 Å². The minimum Gasteiger partial charge on any atom is -0.481 e. The van der Waals surface area contributed by atoms with E-state index >= 15 is 0 Å². The van der Waals surface area contributed by atoms with E-state index in [2.05, 4.69) is 0 Å². The van der Waals surface area contributed by atoms with E-state index in [4.69, 9.17) is 5.11 Å². The summed E-state index contributed by atoms with van der Waals surface area (Å²) in [6.45, 7) is 3.76. The van der Waals surface area contributed by atoms with Gasteiger partial charge in [-0.15, -0.1) is 0 Å². The van der Waals surface area contributed by atoms with Crippen molar-refractivity contribution >= 4 is 23.5 Å². The number of aliphatic carboxylic acids is 1. The molecule has 1 rings (SSSR count). The van der Waals surface area contributed by atoms with Gasteiger partial charge in [0, 0.05) is 27.1 Å². The van der Waals surface area contributed by atoms with Crippen molar-refractivity contribution in [3.05, 3.63) is 29.8 Å². The molecule has 0 atom stereocenters. The molecule has 0 saturated heterocycles. The number of rotatable bonds is 6. The van der Waals surface area contributed by atoms with Gasteiger partial charge in [-0.3, -0.25) is 14.4 Å². The Morgan fingerprint density at radius 3 is 2.33 bits per heavy atom. The van der Waals surface area contributed by atoms with E-state index in [-0.39, 0.29) is 24.8 Å². The van der Waals surface area contributed by atoms with Crippen LogP contribution in [0.3, 0.4) is 0 Å². The number of carboxylic acids is 1. The molecule has 2 amide bonds. The Kier molecular flexibility index (Phi) is 5.90. The number of carbonyl (C=O) groups is 3. The minimum absolute atomic E-state index is 0.107. The Morgan fingerprint density at radius 2 is 1.81 bits per heavy atom. The molecule has 114 valence electrons. The van der Waals surface area contributed by atoms with Gasteiger partial charge < -0.3 is 14.9 Å². The molecular formula is C15H20N2O4. The molecule has 0 aliphatic rings. The molecule has 0 aliphatic carbocycles. The van der Waals surface area contributed by atoms with Gasteiger partial charge >= 0.3 is 5.97 Å². The van der Waals surface area contributed by atoms with Crippen LogP contribution in [0.5, 0.6) is 0 Å². The van der Waals surface area contributed by atoms with Crippen LogP contribution in [-0.2, 0) is 9.59 Å². The summed E-state index contributed by atoms with van der Waals surface area (Å²) in [5.74, 6) is -1.40. The first-order chi connectivity index (χ1) is 9.88. The zero-order valence-corrected chi connectivity index (χ0v) is 12.5. The van der Waals surface area contributed by atoms with E-state index in [1.54, 1.807) is 38.2 Å².